The first-order chi connectivity index (χ1) is 7.85. The van der Waals surface area contributed by atoms with Crippen molar-refractivity contribution in [1.82, 2.24) is 0 Å². The predicted octanol–water partition coefficient (Wildman–Crippen LogP) is 3.37. The summed E-state index contributed by atoms with van der Waals surface area (Å²) in [5.41, 5.74) is 1.02. The van der Waals surface area contributed by atoms with Crippen LogP contribution in [-0.2, 0) is 9.53 Å². The summed E-state index contributed by atoms with van der Waals surface area (Å²) in [6.45, 7) is 3.50. The second-order valence-corrected chi connectivity index (χ2v) is 3.70. The van der Waals surface area contributed by atoms with E-state index in [1.807, 2.05) is 31.2 Å². The van der Waals surface area contributed by atoms with E-state index in [2.05, 4.69) is 18.2 Å². The second kappa shape index (κ2) is 4.79. The van der Waals surface area contributed by atoms with Gasteiger partial charge in [-0.2, -0.15) is 0 Å². The van der Waals surface area contributed by atoms with Crippen LogP contribution >= 0.6 is 0 Å². The van der Waals surface area contributed by atoms with Gasteiger partial charge in [0.05, 0.1) is 0 Å². The number of rotatable bonds is 4. The Hall–Kier alpha value is -1.83. The average Bonchev–Trinajstić information content (AvgIpc) is 2.35. The molecule has 0 bridgehead atoms. The average molecular weight is 213 g/mol. The number of fused-ring (bicyclic) bond motifs is 1. The van der Waals surface area contributed by atoms with E-state index in [9.17, 15) is 4.79 Å². The summed E-state index contributed by atoms with van der Waals surface area (Å²) in [6.07, 6.45) is 0.565. The largest absolute Gasteiger partial charge is 0.449 e. The van der Waals surface area contributed by atoms with Crippen molar-refractivity contribution < 1.29 is 9.53 Å². The fourth-order valence-corrected chi connectivity index (χ4v) is 1.85. The van der Waals surface area contributed by atoms with Gasteiger partial charge in [0, 0.05) is 0 Å². The molecular formula is C14H13O2. The van der Waals surface area contributed by atoms with Gasteiger partial charge in [0.25, 0.3) is 0 Å². The van der Waals surface area contributed by atoms with Crippen molar-refractivity contribution in [1.29, 1.82) is 0 Å². The van der Waals surface area contributed by atoms with Gasteiger partial charge in [-0.25, -0.2) is 4.79 Å². The quantitative estimate of drug-likeness (QED) is 0.778. The Morgan fingerprint density at radius 2 is 1.94 bits per heavy atom. The minimum absolute atomic E-state index is 0.192. The molecule has 0 saturated heterocycles. The van der Waals surface area contributed by atoms with Gasteiger partial charge < -0.3 is 4.74 Å². The van der Waals surface area contributed by atoms with E-state index in [1.54, 1.807) is 0 Å². The van der Waals surface area contributed by atoms with E-state index in [4.69, 9.17) is 4.74 Å². The molecule has 0 saturated carbocycles. The fourth-order valence-electron chi connectivity index (χ4n) is 1.85. The van der Waals surface area contributed by atoms with Crippen molar-refractivity contribution in [3.63, 3.8) is 0 Å². The van der Waals surface area contributed by atoms with Gasteiger partial charge in [0.2, 0.25) is 0 Å². The molecule has 0 amide bonds. The molecule has 1 atom stereocenters. The Bertz CT molecular complexity index is 491. The van der Waals surface area contributed by atoms with Crippen LogP contribution < -0.4 is 0 Å². The Kier molecular flexibility index (Phi) is 3.20. The second-order valence-electron chi connectivity index (χ2n) is 3.70. The van der Waals surface area contributed by atoms with Crippen molar-refractivity contribution in [3.05, 3.63) is 48.0 Å². The van der Waals surface area contributed by atoms with Crippen LogP contribution in [0.3, 0.4) is 0 Å². The van der Waals surface area contributed by atoms with E-state index < -0.39 is 0 Å². The van der Waals surface area contributed by atoms with Gasteiger partial charge in [-0.3, -0.25) is 0 Å². The highest BCUT2D eigenvalue weighted by Gasteiger charge is 2.10. The third kappa shape index (κ3) is 2.06. The van der Waals surface area contributed by atoms with Gasteiger partial charge in [-0.1, -0.05) is 43.3 Å². The van der Waals surface area contributed by atoms with Crippen molar-refractivity contribution >= 4 is 17.2 Å². The van der Waals surface area contributed by atoms with E-state index >= 15 is 0 Å². The van der Waals surface area contributed by atoms with Crippen molar-refractivity contribution in [3.8, 4) is 0 Å². The first-order valence-electron chi connectivity index (χ1n) is 5.36. The molecule has 2 aromatic rings. The summed E-state index contributed by atoms with van der Waals surface area (Å²) in [5.74, 6) is 0. The van der Waals surface area contributed by atoms with E-state index in [1.165, 1.54) is 11.9 Å². The zero-order valence-corrected chi connectivity index (χ0v) is 9.14. The molecule has 0 aromatic heterocycles. The van der Waals surface area contributed by atoms with Gasteiger partial charge in [0.15, 0.2) is 0 Å². The third-order valence-electron chi connectivity index (χ3n) is 2.71. The van der Waals surface area contributed by atoms with Gasteiger partial charge in [-0.05, 0) is 28.8 Å². The lowest BCUT2D eigenvalue weighted by atomic mass is 10.0. The van der Waals surface area contributed by atoms with Crippen molar-refractivity contribution in [2.24, 2.45) is 0 Å². The number of hydrogen-bond acceptors (Lipinski definition) is 2. The Morgan fingerprint density at radius 1 is 1.19 bits per heavy atom. The highest BCUT2D eigenvalue weighted by atomic mass is 16.5. The first-order valence-corrected chi connectivity index (χ1v) is 5.36. The molecule has 81 valence electrons. The smallest absolute Gasteiger partial charge is 0.418 e. The first kappa shape index (κ1) is 10.7. The molecule has 0 N–H and O–H groups in total. The SMILES string of the molecule is CCC(O[C]=O)c1ccc2ccccc2c1. The molecule has 0 aliphatic rings. The van der Waals surface area contributed by atoms with E-state index in [0.717, 1.165) is 17.4 Å². The van der Waals surface area contributed by atoms with Crippen molar-refractivity contribution in [2.45, 2.75) is 19.4 Å². The van der Waals surface area contributed by atoms with Crippen LogP contribution in [0.5, 0.6) is 0 Å². The number of hydrogen-bond donors (Lipinski definition) is 0. The molecule has 0 aliphatic carbocycles. The van der Waals surface area contributed by atoms with Crippen LogP contribution in [0.2, 0.25) is 0 Å². The molecule has 1 radical (unpaired) electrons. The predicted molar refractivity (Wildman–Crippen MR) is 63.8 cm³/mol. The lowest BCUT2D eigenvalue weighted by Crippen LogP contribution is -2.01. The number of ether oxygens (including phenoxy) is 1. The zero-order chi connectivity index (χ0) is 11.4. The highest BCUT2D eigenvalue weighted by molar-refractivity contribution is 5.83. The normalized spacial score (nSPS) is 12.3. The standard InChI is InChI=1S/C14H13O2/c1-2-14(16-10-15)13-8-7-11-5-3-4-6-12(11)9-13/h3-9,14H,2H2,1H3. The van der Waals surface area contributed by atoms with Crippen LogP contribution in [0.25, 0.3) is 10.8 Å². The minimum atomic E-state index is -0.192. The molecule has 0 spiro atoms. The molecule has 0 fully saturated rings. The number of benzene rings is 2. The van der Waals surface area contributed by atoms with Gasteiger partial charge >= 0.3 is 6.47 Å². The lowest BCUT2D eigenvalue weighted by Gasteiger charge is -2.13. The Balaban J connectivity index is 2.41. The molecule has 16 heavy (non-hydrogen) atoms. The molecular weight excluding hydrogens is 200 g/mol. The van der Waals surface area contributed by atoms with Gasteiger partial charge in [-0.15, -0.1) is 0 Å². The van der Waals surface area contributed by atoms with Crippen LogP contribution in [0.4, 0.5) is 0 Å². The summed E-state index contributed by atoms with van der Waals surface area (Å²) in [6, 6.07) is 14.2. The summed E-state index contributed by atoms with van der Waals surface area (Å²) < 4.78 is 4.92. The molecule has 2 nitrogen and oxygen atoms in total. The molecule has 2 heteroatoms. The monoisotopic (exact) mass is 213 g/mol. The fraction of sp³-hybridized carbons (Fsp3) is 0.214. The maximum Gasteiger partial charge on any atom is 0.418 e. The summed E-state index contributed by atoms with van der Waals surface area (Å²) in [5, 5.41) is 2.35. The zero-order valence-electron chi connectivity index (χ0n) is 9.14. The topological polar surface area (TPSA) is 26.3 Å². The maximum atomic E-state index is 10.3. The van der Waals surface area contributed by atoms with E-state index in [-0.39, 0.29) is 6.10 Å². The molecule has 0 aliphatic heterocycles. The van der Waals surface area contributed by atoms with Crippen LogP contribution in [0.1, 0.15) is 25.0 Å². The van der Waals surface area contributed by atoms with Crippen LogP contribution in [0.15, 0.2) is 42.5 Å². The summed E-state index contributed by atoms with van der Waals surface area (Å²) >= 11 is 0. The Morgan fingerprint density at radius 3 is 2.62 bits per heavy atom. The van der Waals surface area contributed by atoms with Crippen LogP contribution in [0, 0.1) is 0 Å². The summed E-state index contributed by atoms with van der Waals surface area (Å²) in [7, 11) is 0. The van der Waals surface area contributed by atoms with E-state index in [0.29, 0.717) is 0 Å². The highest BCUT2D eigenvalue weighted by Crippen LogP contribution is 2.24. The third-order valence-corrected chi connectivity index (χ3v) is 2.71. The molecule has 1 unspecified atom stereocenters. The summed E-state index contributed by atoms with van der Waals surface area (Å²) in [4.78, 5) is 10.3. The number of carbonyl (C=O) groups excluding carboxylic acids is 1. The lowest BCUT2D eigenvalue weighted by molar-refractivity contribution is 0.175. The van der Waals surface area contributed by atoms with Crippen molar-refractivity contribution in [2.75, 3.05) is 0 Å². The maximum absolute atomic E-state index is 10.3. The van der Waals surface area contributed by atoms with Gasteiger partial charge in [0.1, 0.15) is 6.10 Å². The molecule has 0 heterocycles. The minimum Gasteiger partial charge on any atom is -0.449 e. The molecule has 2 aromatic carbocycles. The van der Waals surface area contributed by atoms with Crippen LogP contribution in [-0.4, -0.2) is 6.47 Å². The Labute approximate surface area is 94.8 Å². The molecule has 2 rings (SSSR count).